The molecule has 158 valence electrons. The molecule has 4 heterocycles. The standard InChI is InChI=1S/C25H20N4O2S/c1-24(30)14-25(31,21-19(24)8-4-9-26-21)16-6-2-5-15(11-16)20-13-32-23(29-20)18-12-28-22-17(18)7-3-10-27-22/h2-13,30-31H,14H2,1H3,(H,27,28). The summed E-state index contributed by atoms with van der Waals surface area (Å²) in [4.78, 5) is 16.8. The molecule has 1 aliphatic carbocycles. The second-order valence-corrected chi connectivity index (χ2v) is 9.29. The van der Waals surface area contributed by atoms with Crippen molar-refractivity contribution in [3.05, 3.63) is 89.3 Å². The highest BCUT2D eigenvalue weighted by Gasteiger charge is 2.50. The Hall–Kier alpha value is -3.39. The van der Waals surface area contributed by atoms with E-state index in [0.29, 0.717) is 16.8 Å². The van der Waals surface area contributed by atoms with E-state index in [1.165, 1.54) is 0 Å². The maximum atomic E-state index is 11.6. The average Bonchev–Trinajstić information content (AvgIpc) is 3.50. The zero-order valence-electron chi connectivity index (χ0n) is 17.3. The monoisotopic (exact) mass is 440 g/mol. The molecular weight excluding hydrogens is 420 g/mol. The van der Waals surface area contributed by atoms with Crippen LogP contribution in [0.1, 0.15) is 30.2 Å². The Labute approximate surface area is 188 Å². The minimum atomic E-state index is -1.36. The Balaban J connectivity index is 1.41. The number of benzene rings is 1. The molecule has 2 atom stereocenters. The van der Waals surface area contributed by atoms with E-state index in [9.17, 15) is 10.2 Å². The van der Waals surface area contributed by atoms with E-state index in [1.54, 1.807) is 36.7 Å². The molecule has 0 fully saturated rings. The molecule has 1 aliphatic rings. The van der Waals surface area contributed by atoms with Crippen molar-refractivity contribution in [3.63, 3.8) is 0 Å². The summed E-state index contributed by atoms with van der Waals surface area (Å²) in [5.41, 5.74) is 2.94. The lowest BCUT2D eigenvalue weighted by Gasteiger charge is -2.25. The van der Waals surface area contributed by atoms with Crippen molar-refractivity contribution >= 4 is 22.4 Å². The number of thiazole rings is 1. The van der Waals surface area contributed by atoms with Crippen LogP contribution in [0.25, 0.3) is 32.9 Å². The largest absolute Gasteiger partial charge is 0.385 e. The number of aromatic amines is 1. The van der Waals surface area contributed by atoms with Crippen LogP contribution >= 0.6 is 11.3 Å². The van der Waals surface area contributed by atoms with E-state index in [-0.39, 0.29) is 6.42 Å². The summed E-state index contributed by atoms with van der Waals surface area (Å²) in [7, 11) is 0. The third-order valence-corrected chi connectivity index (χ3v) is 7.08. The molecule has 2 unspecified atom stereocenters. The second kappa shape index (κ2) is 6.80. The van der Waals surface area contributed by atoms with Gasteiger partial charge in [-0.25, -0.2) is 9.97 Å². The number of nitrogens with one attached hydrogen (secondary N) is 1. The van der Waals surface area contributed by atoms with Gasteiger partial charge in [0, 0.05) is 52.5 Å². The Morgan fingerprint density at radius 2 is 1.88 bits per heavy atom. The molecule has 0 amide bonds. The third-order valence-electron chi connectivity index (χ3n) is 6.20. The van der Waals surface area contributed by atoms with Crippen molar-refractivity contribution in [3.8, 4) is 21.8 Å². The molecule has 0 saturated carbocycles. The molecule has 6 rings (SSSR count). The van der Waals surface area contributed by atoms with Crippen LogP contribution in [0.4, 0.5) is 0 Å². The van der Waals surface area contributed by atoms with E-state index >= 15 is 0 Å². The predicted molar refractivity (Wildman–Crippen MR) is 124 cm³/mol. The van der Waals surface area contributed by atoms with Crippen LogP contribution in [-0.2, 0) is 11.2 Å². The zero-order chi connectivity index (χ0) is 21.9. The van der Waals surface area contributed by atoms with Gasteiger partial charge in [-0.3, -0.25) is 4.98 Å². The topological polar surface area (TPSA) is 94.9 Å². The number of nitrogens with zero attached hydrogens (tertiary/aromatic N) is 3. The average molecular weight is 441 g/mol. The summed E-state index contributed by atoms with van der Waals surface area (Å²) in [5, 5.41) is 26.5. The van der Waals surface area contributed by atoms with Gasteiger partial charge in [0.2, 0.25) is 0 Å². The van der Waals surface area contributed by atoms with Gasteiger partial charge in [-0.15, -0.1) is 11.3 Å². The number of H-pyrrole nitrogens is 1. The van der Waals surface area contributed by atoms with Crippen LogP contribution in [0, 0.1) is 0 Å². The van der Waals surface area contributed by atoms with E-state index in [0.717, 1.165) is 32.9 Å². The van der Waals surface area contributed by atoms with Crippen molar-refractivity contribution in [2.45, 2.75) is 24.5 Å². The van der Waals surface area contributed by atoms with Gasteiger partial charge in [-0.05, 0) is 36.8 Å². The normalized spacial score (nSPS) is 22.3. The molecule has 3 N–H and O–H groups in total. The lowest BCUT2D eigenvalue weighted by Crippen LogP contribution is -2.28. The fourth-order valence-electron chi connectivity index (χ4n) is 4.68. The molecule has 7 heteroatoms. The Morgan fingerprint density at radius 1 is 1.03 bits per heavy atom. The van der Waals surface area contributed by atoms with Crippen LogP contribution in [0.15, 0.2) is 72.5 Å². The molecule has 1 aromatic carbocycles. The van der Waals surface area contributed by atoms with Crippen molar-refractivity contribution < 1.29 is 10.2 Å². The molecule has 32 heavy (non-hydrogen) atoms. The first-order valence-electron chi connectivity index (χ1n) is 10.4. The first-order valence-corrected chi connectivity index (χ1v) is 11.2. The number of aliphatic hydroxyl groups is 2. The minimum Gasteiger partial charge on any atom is -0.385 e. The van der Waals surface area contributed by atoms with Crippen molar-refractivity contribution in [2.75, 3.05) is 0 Å². The van der Waals surface area contributed by atoms with Gasteiger partial charge in [-0.2, -0.15) is 0 Å². The molecular formula is C25H20N4O2S. The Morgan fingerprint density at radius 3 is 2.78 bits per heavy atom. The van der Waals surface area contributed by atoms with Gasteiger partial charge < -0.3 is 15.2 Å². The lowest BCUT2D eigenvalue weighted by atomic mass is 9.88. The van der Waals surface area contributed by atoms with Gasteiger partial charge >= 0.3 is 0 Å². The second-order valence-electron chi connectivity index (χ2n) is 8.43. The molecule has 0 saturated heterocycles. The number of hydrogen-bond acceptors (Lipinski definition) is 6. The van der Waals surface area contributed by atoms with Gasteiger partial charge in [0.15, 0.2) is 0 Å². The summed E-state index contributed by atoms with van der Waals surface area (Å²) in [5.74, 6) is 0. The predicted octanol–water partition coefficient (Wildman–Crippen LogP) is 4.60. The number of hydrogen-bond donors (Lipinski definition) is 3. The van der Waals surface area contributed by atoms with Crippen LogP contribution in [-0.4, -0.2) is 30.1 Å². The van der Waals surface area contributed by atoms with Gasteiger partial charge in [0.25, 0.3) is 0 Å². The Bertz CT molecular complexity index is 1470. The van der Waals surface area contributed by atoms with Crippen molar-refractivity contribution in [2.24, 2.45) is 0 Å². The van der Waals surface area contributed by atoms with Crippen LogP contribution in [0.2, 0.25) is 0 Å². The molecule has 5 aromatic rings. The molecule has 0 spiro atoms. The fraction of sp³-hybridized carbons (Fsp3) is 0.160. The lowest BCUT2D eigenvalue weighted by molar-refractivity contribution is -0.0143. The SMILES string of the molecule is CC1(O)CC(O)(c2cccc(-c3csc(-c4c[nH]c5ncccc45)n3)c2)c2ncccc21. The van der Waals surface area contributed by atoms with Crippen molar-refractivity contribution in [1.29, 1.82) is 0 Å². The summed E-state index contributed by atoms with van der Waals surface area (Å²) >= 11 is 1.57. The first kappa shape index (κ1) is 19.3. The highest BCUT2D eigenvalue weighted by atomic mass is 32.1. The van der Waals surface area contributed by atoms with Crippen LogP contribution in [0.3, 0.4) is 0 Å². The Kier molecular flexibility index (Phi) is 4.10. The summed E-state index contributed by atoms with van der Waals surface area (Å²) < 4.78 is 0. The minimum absolute atomic E-state index is 0.153. The molecule has 0 radical (unpaired) electrons. The van der Waals surface area contributed by atoms with Gasteiger partial charge in [0.1, 0.15) is 16.3 Å². The maximum Gasteiger partial charge on any atom is 0.137 e. The maximum absolute atomic E-state index is 11.6. The smallest absolute Gasteiger partial charge is 0.137 e. The summed E-state index contributed by atoms with van der Waals surface area (Å²) in [6, 6.07) is 15.3. The first-order chi connectivity index (χ1) is 15.5. The third kappa shape index (κ3) is 2.82. The molecule has 6 nitrogen and oxygen atoms in total. The number of pyridine rings is 2. The van der Waals surface area contributed by atoms with E-state index in [4.69, 9.17) is 4.98 Å². The number of aromatic nitrogens is 4. The number of fused-ring (bicyclic) bond motifs is 2. The number of rotatable bonds is 3. The van der Waals surface area contributed by atoms with E-state index < -0.39 is 11.2 Å². The summed E-state index contributed by atoms with van der Waals surface area (Å²) in [6.45, 7) is 1.72. The van der Waals surface area contributed by atoms with E-state index in [1.807, 2.05) is 54.0 Å². The molecule has 4 aromatic heterocycles. The molecule has 0 bridgehead atoms. The van der Waals surface area contributed by atoms with Gasteiger partial charge in [0.05, 0.1) is 17.0 Å². The highest BCUT2D eigenvalue weighted by molar-refractivity contribution is 7.13. The quantitative estimate of drug-likeness (QED) is 0.381. The fourth-order valence-corrected chi connectivity index (χ4v) is 5.54. The van der Waals surface area contributed by atoms with Crippen LogP contribution in [0.5, 0.6) is 0 Å². The highest BCUT2D eigenvalue weighted by Crippen LogP contribution is 2.49. The molecule has 0 aliphatic heterocycles. The van der Waals surface area contributed by atoms with Crippen molar-refractivity contribution in [1.82, 2.24) is 19.9 Å². The van der Waals surface area contributed by atoms with Gasteiger partial charge in [-0.1, -0.05) is 24.3 Å². The zero-order valence-corrected chi connectivity index (χ0v) is 18.1. The van der Waals surface area contributed by atoms with Crippen LogP contribution < -0.4 is 0 Å². The van der Waals surface area contributed by atoms with E-state index in [2.05, 4.69) is 15.0 Å². The summed E-state index contributed by atoms with van der Waals surface area (Å²) in [6.07, 6.45) is 5.50.